The van der Waals surface area contributed by atoms with E-state index in [1.54, 1.807) is 39.5 Å². The average molecular weight is 556 g/mol. The Kier molecular flexibility index (Phi) is 12.9. The van der Waals surface area contributed by atoms with Crippen LogP contribution in [0.25, 0.3) is 0 Å². The molecule has 9 heteroatoms. The van der Waals surface area contributed by atoms with Gasteiger partial charge in [0.05, 0.1) is 20.3 Å². The Morgan fingerprint density at radius 2 is 1.75 bits per heavy atom. The van der Waals surface area contributed by atoms with Gasteiger partial charge in [0.15, 0.2) is 17.3 Å². The Morgan fingerprint density at radius 1 is 1.00 bits per heavy atom. The summed E-state index contributed by atoms with van der Waals surface area (Å²) in [5.74, 6) is 1.63. The van der Waals surface area contributed by atoms with Crippen molar-refractivity contribution in [1.82, 2.24) is 15.5 Å². The molecule has 1 fully saturated rings. The van der Waals surface area contributed by atoms with E-state index in [0.29, 0.717) is 43.4 Å². The second-order valence-electron chi connectivity index (χ2n) is 10.4. The van der Waals surface area contributed by atoms with Crippen LogP contribution < -0.4 is 20.1 Å². The highest BCUT2D eigenvalue weighted by atomic mass is 16.5. The van der Waals surface area contributed by atoms with Crippen molar-refractivity contribution in [3.05, 3.63) is 59.7 Å². The number of methoxy groups -OCH3 is 3. The fraction of sp³-hybridized carbons (Fsp3) is 0.548. The third-order valence-electron chi connectivity index (χ3n) is 7.29. The van der Waals surface area contributed by atoms with Crippen molar-refractivity contribution in [2.24, 2.45) is 11.8 Å². The summed E-state index contributed by atoms with van der Waals surface area (Å²) in [5, 5.41) is 6.81. The monoisotopic (exact) mass is 555 g/mol. The van der Waals surface area contributed by atoms with Crippen LogP contribution in [-0.4, -0.2) is 89.9 Å². The second kappa shape index (κ2) is 16.3. The Morgan fingerprint density at radius 3 is 2.42 bits per heavy atom. The van der Waals surface area contributed by atoms with Gasteiger partial charge in [-0.05, 0) is 62.5 Å². The summed E-state index contributed by atoms with van der Waals surface area (Å²) >= 11 is 0. The van der Waals surface area contributed by atoms with Crippen molar-refractivity contribution in [3.8, 4) is 11.5 Å². The van der Waals surface area contributed by atoms with Crippen LogP contribution in [-0.2, 0) is 14.3 Å². The number of rotatable bonds is 17. The lowest BCUT2D eigenvalue weighted by Gasteiger charge is -2.32. The van der Waals surface area contributed by atoms with Gasteiger partial charge >= 0.3 is 0 Å². The largest absolute Gasteiger partial charge is 0.493 e. The maximum absolute atomic E-state index is 13.7. The molecule has 1 aliphatic heterocycles. The molecular formula is C31H45N3O6. The number of nitrogens with zero attached hydrogens (tertiary/aromatic N) is 1. The first kappa shape index (κ1) is 31.5. The predicted octanol–water partition coefficient (Wildman–Crippen LogP) is 3.34. The number of carbonyl (C=O) groups excluding carboxylic acids is 2. The van der Waals surface area contributed by atoms with Gasteiger partial charge in [-0.2, -0.15) is 0 Å². The van der Waals surface area contributed by atoms with Crippen LogP contribution in [0.15, 0.2) is 48.5 Å². The molecule has 220 valence electrons. The fourth-order valence-electron chi connectivity index (χ4n) is 5.05. The second-order valence-corrected chi connectivity index (χ2v) is 10.4. The first-order valence-corrected chi connectivity index (χ1v) is 14.0. The molecule has 1 heterocycles. The molecule has 1 aliphatic rings. The molecule has 2 N–H and O–H groups in total. The molecule has 1 unspecified atom stereocenters. The summed E-state index contributed by atoms with van der Waals surface area (Å²) in [6, 6.07) is 14.9. The van der Waals surface area contributed by atoms with E-state index < -0.39 is 6.10 Å². The normalized spacial score (nSPS) is 17.6. The number of carbonyl (C=O) groups is 2. The molecule has 0 bridgehead atoms. The molecular weight excluding hydrogens is 510 g/mol. The van der Waals surface area contributed by atoms with Crippen molar-refractivity contribution in [2.45, 2.75) is 32.4 Å². The van der Waals surface area contributed by atoms with Crippen LogP contribution in [0.2, 0.25) is 0 Å². The lowest BCUT2D eigenvalue weighted by atomic mass is 9.94. The summed E-state index contributed by atoms with van der Waals surface area (Å²) in [7, 11) is 4.80. The standard InChI is InChI=1S/C31H45N3O6/c1-22(2)34(31(36)24-12-13-28(38-4)29(16-24)40-15-9-14-37-3)21-26-19-32-17-25(26)18-33-20-27(35)30(39-5)23-10-7-6-8-11-23/h6-8,10-13,16,22,25-26,30,32-33H,9,14-15,17-21H2,1-5H3/t25-,26-,30?/m0/s1. The number of ketones is 1. The van der Waals surface area contributed by atoms with E-state index in [1.807, 2.05) is 49.1 Å². The highest BCUT2D eigenvalue weighted by molar-refractivity contribution is 5.95. The molecule has 2 aromatic rings. The summed E-state index contributed by atoms with van der Waals surface area (Å²) < 4.78 is 21.9. The topological polar surface area (TPSA) is 98.4 Å². The molecule has 1 amide bonds. The number of ether oxygens (including phenoxy) is 4. The smallest absolute Gasteiger partial charge is 0.254 e. The number of hydrogen-bond donors (Lipinski definition) is 2. The number of hydrogen-bond acceptors (Lipinski definition) is 8. The van der Waals surface area contributed by atoms with Crippen LogP contribution in [0.5, 0.6) is 11.5 Å². The maximum atomic E-state index is 13.7. The van der Waals surface area contributed by atoms with Gasteiger partial charge in [-0.15, -0.1) is 0 Å². The zero-order valence-electron chi connectivity index (χ0n) is 24.5. The van der Waals surface area contributed by atoms with Gasteiger partial charge in [0.2, 0.25) is 0 Å². The Balaban J connectivity index is 1.60. The van der Waals surface area contributed by atoms with Gasteiger partial charge in [-0.3, -0.25) is 9.59 Å². The summed E-state index contributed by atoms with van der Waals surface area (Å²) in [6.07, 6.45) is 0.155. The van der Waals surface area contributed by atoms with Gasteiger partial charge in [-0.25, -0.2) is 0 Å². The minimum atomic E-state index is -0.585. The van der Waals surface area contributed by atoms with Gasteiger partial charge in [0, 0.05) is 51.9 Å². The molecule has 3 atom stereocenters. The minimum absolute atomic E-state index is 0.00469. The number of nitrogens with one attached hydrogen (secondary N) is 2. The van der Waals surface area contributed by atoms with Crippen LogP contribution in [0.3, 0.4) is 0 Å². The van der Waals surface area contributed by atoms with E-state index in [2.05, 4.69) is 10.6 Å². The zero-order chi connectivity index (χ0) is 28.9. The summed E-state index contributed by atoms with van der Waals surface area (Å²) in [4.78, 5) is 28.4. The molecule has 2 aromatic carbocycles. The van der Waals surface area contributed by atoms with E-state index in [1.165, 1.54) is 0 Å². The molecule has 40 heavy (non-hydrogen) atoms. The van der Waals surface area contributed by atoms with E-state index in [4.69, 9.17) is 18.9 Å². The first-order chi connectivity index (χ1) is 19.4. The Labute approximate surface area is 238 Å². The molecule has 0 saturated carbocycles. The number of amides is 1. The predicted molar refractivity (Wildman–Crippen MR) is 155 cm³/mol. The van der Waals surface area contributed by atoms with Gasteiger partial charge in [0.25, 0.3) is 5.91 Å². The van der Waals surface area contributed by atoms with Gasteiger partial charge in [0.1, 0.15) is 6.10 Å². The van der Waals surface area contributed by atoms with Crippen LogP contribution in [0, 0.1) is 11.8 Å². The third-order valence-corrected chi connectivity index (χ3v) is 7.29. The quantitative estimate of drug-likeness (QED) is 0.287. The molecule has 0 aromatic heterocycles. The third kappa shape index (κ3) is 8.76. The molecule has 9 nitrogen and oxygen atoms in total. The van der Waals surface area contributed by atoms with Crippen LogP contribution >= 0.6 is 0 Å². The first-order valence-electron chi connectivity index (χ1n) is 14.0. The Hall–Kier alpha value is -2.98. The molecule has 0 aliphatic carbocycles. The van der Waals surface area contributed by atoms with Crippen molar-refractivity contribution >= 4 is 11.7 Å². The maximum Gasteiger partial charge on any atom is 0.254 e. The summed E-state index contributed by atoms with van der Waals surface area (Å²) in [6.45, 7) is 8.31. The van der Waals surface area contributed by atoms with Gasteiger partial charge < -0.3 is 34.5 Å². The molecule has 0 radical (unpaired) electrons. The van der Waals surface area contributed by atoms with E-state index in [9.17, 15) is 9.59 Å². The number of Topliss-reactive ketones (excluding diaryl/α,β-unsaturated/α-hetero) is 1. The molecule has 1 saturated heterocycles. The lowest BCUT2D eigenvalue weighted by molar-refractivity contribution is -0.128. The van der Waals surface area contributed by atoms with Crippen LogP contribution in [0.4, 0.5) is 0 Å². The summed E-state index contributed by atoms with van der Waals surface area (Å²) in [5.41, 5.74) is 1.42. The highest BCUT2D eigenvalue weighted by Gasteiger charge is 2.32. The van der Waals surface area contributed by atoms with E-state index in [0.717, 1.165) is 25.1 Å². The fourth-order valence-corrected chi connectivity index (χ4v) is 5.05. The average Bonchev–Trinajstić information content (AvgIpc) is 3.41. The van der Waals surface area contributed by atoms with Crippen molar-refractivity contribution in [2.75, 3.05) is 67.3 Å². The van der Waals surface area contributed by atoms with Crippen molar-refractivity contribution in [1.29, 1.82) is 0 Å². The Bertz CT molecular complexity index is 1060. The van der Waals surface area contributed by atoms with E-state index >= 15 is 0 Å². The van der Waals surface area contributed by atoms with E-state index in [-0.39, 0.29) is 36.1 Å². The zero-order valence-corrected chi connectivity index (χ0v) is 24.5. The van der Waals surface area contributed by atoms with Crippen molar-refractivity contribution < 1.29 is 28.5 Å². The van der Waals surface area contributed by atoms with Crippen molar-refractivity contribution in [3.63, 3.8) is 0 Å². The van der Waals surface area contributed by atoms with Gasteiger partial charge in [-0.1, -0.05) is 30.3 Å². The number of benzene rings is 2. The highest BCUT2D eigenvalue weighted by Crippen LogP contribution is 2.29. The molecule has 3 rings (SSSR count). The van der Waals surface area contributed by atoms with Crippen LogP contribution in [0.1, 0.15) is 42.3 Å². The lowest BCUT2D eigenvalue weighted by Crippen LogP contribution is -2.43. The SMILES string of the molecule is COCCCOc1cc(C(=O)N(C[C@@H]2CNC[C@H]2CNCC(=O)C(OC)c2ccccc2)C(C)C)ccc1OC. The minimum Gasteiger partial charge on any atom is -0.493 e. The molecule has 0 spiro atoms.